The average Bonchev–Trinajstić information content (AvgIpc) is 2.93. The third kappa shape index (κ3) is 6.73. The third-order valence-electron chi connectivity index (χ3n) is 6.75. The zero-order valence-electron chi connectivity index (χ0n) is 22.4. The van der Waals surface area contributed by atoms with Crippen molar-refractivity contribution in [3.8, 4) is 17.1 Å². The lowest BCUT2D eigenvalue weighted by atomic mass is 10.1. The quantitative estimate of drug-likeness (QED) is 0.448. The maximum atomic E-state index is 15.2. The summed E-state index contributed by atoms with van der Waals surface area (Å²) in [6.07, 6.45) is 3.58. The molecule has 3 atom stereocenters. The van der Waals surface area contributed by atoms with Gasteiger partial charge in [-0.2, -0.15) is 0 Å². The predicted octanol–water partition coefficient (Wildman–Crippen LogP) is 3.87. The van der Waals surface area contributed by atoms with E-state index in [0.717, 1.165) is 37.4 Å². The maximum absolute atomic E-state index is 15.2. The molecule has 3 unspecified atom stereocenters. The molecule has 1 aromatic carbocycles. The van der Waals surface area contributed by atoms with Gasteiger partial charge in [-0.25, -0.2) is 13.6 Å². The molecule has 4 heterocycles. The molecule has 5 rings (SSSR count). The van der Waals surface area contributed by atoms with Crippen LogP contribution in [-0.2, 0) is 27.0 Å². The first-order valence-corrected chi connectivity index (χ1v) is 14.2. The fourth-order valence-electron chi connectivity index (χ4n) is 5.04. The second kappa shape index (κ2) is 12.4. The smallest absolute Gasteiger partial charge is 0.231 e. The highest BCUT2D eigenvalue weighted by Gasteiger charge is 2.23. The van der Waals surface area contributed by atoms with Crippen molar-refractivity contribution in [2.45, 2.75) is 37.5 Å². The first-order chi connectivity index (χ1) is 18.9. The lowest BCUT2D eigenvalue weighted by Gasteiger charge is -2.35. The van der Waals surface area contributed by atoms with Crippen LogP contribution in [0.25, 0.3) is 11.3 Å². The largest absolute Gasteiger partial charge is 0.480 e. The van der Waals surface area contributed by atoms with Crippen molar-refractivity contribution in [2.24, 2.45) is 0 Å². The molecule has 0 spiro atoms. The predicted molar refractivity (Wildman–Crippen MR) is 149 cm³/mol. The van der Waals surface area contributed by atoms with Gasteiger partial charge in [0.1, 0.15) is 10.7 Å². The second-order valence-corrected chi connectivity index (χ2v) is 11.0. The summed E-state index contributed by atoms with van der Waals surface area (Å²) >= 11 is 0. The highest BCUT2D eigenvalue weighted by Crippen LogP contribution is 2.29. The Bertz CT molecular complexity index is 1310. The van der Waals surface area contributed by atoms with E-state index in [0.29, 0.717) is 41.6 Å². The van der Waals surface area contributed by atoms with E-state index in [-0.39, 0.29) is 23.9 Å². The topological polar surface area (TPSA) is 89.1 Å². The Kier molecular flexibility index (Phi) is 8.71. The van der Waals surface area contributed by atoms with Gasteiger partial charge in [-0.15, -0.1) is 0 Å². The van der Waals surface area contributed by atoms with Crippen molar-refractivity contribution in [2.75, 3.05) is 56.1 Å². The molecule has 208 valence electrons. The molecule has 0 radical (unpaired) electrons. The zero-order valence-corrected chi connectivity index (χ0v) is 23.2. The van der Waals surface area contributed by atoms with E-state index in [1.165, 1.54) is 7.11 Å². The summed E-state index contributed by atoms with van der Waals surface area (Å²) in [6.45, 7) is 9.12. The van der Waals surface area contributed by atoms with Crippen molar-refractivity contribution in [1.29, 1.82) is 0 Å². The summed E-state index contributed by atoms with van der Waals surface area (Å²) in [4.78, 5) is 13.6. The highest BCUT2D eigenvalue weighted by atomic mass is 32.2. The van der Waals surface area contributed by atoms with Gasteiger partial charge < -0.3 is 23.8 Å². The summed E-state index contributed by atoms with van der Waals surface area (Å²) < 4.78 is 48.2. The Labute approximate surface area is 230 Å². The number of hydrogen-bond acceptors (Lipinski definition) is 8. The molecule has 2 aromatic heterocycles. The number of anilines is 2. The van der Waals surface area contributed by atoms with Crippen LogP contribution in [0.1, 0.15) is 19.4 Å². The number of pyridine rings is 2. The third-order valence-corrected chi connectivity index (χ3v) is 7.87. The number of rotatable bonds is 8. The number of aromatic nitrogens is 2. The van der Waals surface area contributed by atoms with E-state index < -0.39 is 11.0 Å². The minimum absolute atomic E-state index is 0.153. The molecule has 2 aliphatic heterocycles. The summed E-state index contributed by atoms with van der Waals surface area (Å²) in [5, 5.41) is 0. The molecule has 2 saturated heterocycles. The zero-order chi connectivity index (χ0) is 27.4. The van der Waals surface area contributed by atoms with Crippen molar-refractivity contribution in [1.82, 2.24) is 14.9 Å². The standard InChI is InChI=1S/C28H34FN5O4S/c1-19-16-33(17-20(2)38-19)18-21-4-5-24(25(29)12-21)26-13-22(6-7-30-26)32-39(35)27-14-23(15-31-28(27)36-3)34-8-10-37-11-9-34/h4-7,12-15,19-20H,8-11,16-18H2,1-3H3,(H,30,32). The van der Waals surface area contributed by atoms with E-state index in [4.69, 9.17) is 14.2 Å². The fraction of sp³-hybridized carbons (Fsp3) is 0.429. The van der Waals surface area contributed by atoms with Crippen molar-refractivity contribution in [3.05, 3.63) is 60.2 Å². The van der Waals surface area contributed by atoms with Gasteiger partial charge in [-0.1, -0.05) is 6.07 Å². The van der Waals surface area contributed by atoms with Crippen LogP contribution in [0.2, 0.25) is 0 Å². The van der Waals surface area contributed by atoms with Gasteiger partial charge in [-0.3, -0.25) is 9.88 Å². The monoisotopic (exact) mass is 555 g/mol. The second-order valence-electron chi connectivity index (χ2n) is 9.87. The number of morpholine rings is 2. The molecule has 3 aromatic rings. The van der Waals surface area contributed by atoms with E-state index in [9.17, 15) is 4.21 Å². The van der Waals surface area contributed by atoms with Gasteiger partial charge >= 0.3 is 0 Å². The van der Waals surface area contributed by atoms with Crippen LogP contribution in [0.3, 0.4) is 0 Å². The van der Waals surface area contributed by atoms with Crippen LogP contribution >= 0.6 is 0 Å². The van der Waals surface area contributed by atoms with Crippen molar-refractivity contribution in [3.63, 3.8) is 0 Å². The van der Waals surface area contributed by atoms with Crippen LogP contribution in [0.4, 0.5) is 15.8 Å². The number of benzene rings is 1. The lowest BCUT2D eigenvalue weighted by molar-refractivity contribution is -0.0705. The fourth-order valence-corrected chi connectivity index (χ4v) is 6.02. The Morgan fingerprint density at radius 1 is 1.10 bits per heavy atom. The molecule has 2 aliphatic rings. The van der Waals surface area contributed by atoms with Crippen LogP contribution in [0, 0.1) is 5.82 Å². The molecule has 0 bridgehead atoms. The van der Waals surface area contributed by atoms with Crippen LogP contribution < -0.4 is 14.4 Å². The maximum Gasteiger partial charge on any atom is 0.231 e. The first-order valence-electron chi connectivity index (χ1n) is 13.1. The molecule has 1 N–H and O–H groups in total. The summed E-state index contributed by atoms with van der Waals surface area (Å²) in [5.74, 6) is -0.0745. The number of methoxy groups -OCH3 is 1. The summed E-state index contributed by atoms with van der Waals surface area (Å²) in [6, 6.07) is 10.4. The summed E-state index contributed by atoms with van der Waals surface area (Å²) in [7, 11) is -0.183. The minimum atomic E-state index is -1.68. The molecule has 0 amide bonds. The number of halogens is 1. The number of nitrogens with one attached hydrogen (secondary N) is 1. The van der Waals surface area contributed by atoms with Crippen LogP contribution in [0.15, 0.2) is 53.7 Å². The molecule has 11 heteroatoms. The van der Waals surface area contributed by atoms with Gasteiger partial charge in [0.15, 0.2) is 11.0 Å². The van der Waals surface area contributed by atoms with E-state index >= 15 is 4.39 Å². The first kappa shape index (κ1) is 27.4. The normalized spacial score (nSPS) is 21.0. The highest BCUT2D eigenvalue weighted by molar-refractivity contribution is 7.86. The van der Waals surface area contributed by atoms with Crippen molar-refractivity contribution < 1.29 is 22.8 Å². The summed E-state index contributed by atoms with van der Waals surface area (Å²) in [5.41, 5.74) is 3.11. The average molecular weight is 556 g/mol. The van der Waals surface area contributed by atoms with Gasteiger partial charge in [0.05, 0.1) is 55.8 Å². The Hall–Kier alpha value is -3.12. The molecule has 39 heavy (non-hydrogen) atoms. The van der Waals surface area contributed by atoms with E-state index in [1.807, 2.05) is 12.1 Å². The van der Waals surface area contributed by atoms with Gasteiger partial charge in [-0.05, 0) is 49.7 Å². The molecule has 0 aliphatic carbocycles. The SMILES string of the molecule is COc1ncc(N2CCOCC2)cc1S(=O)Nc1ccnc(-c2ccc(CN3CC(C)OC(C)C3)cc2F)c1. The van der Waals surface area contributed by atoms with Crippen LogP contribution in [-0.4, -0.2) is 77.8 Å². The van der Waals surface area contributed by atoms with Gasteiger partial charge in [0.25, 0.3) is 0 Å². The number of ether oxygens (including phenoxy) is 3. The molecule has 2 fully saturated rings. The lowest BCUT2D eigenvalue weighted by Crippen LogP contribution is -2.44. The van der Waals surface area contributed by atoms with Gasteiger partial charge in [0, 0.05) is 44.5 Å². The molecule has 0 saturated carbocycles. The van der Waals surface area contributed by atoms with E-state index in [1.54, 1.807) is 36.7 Å². The van der Waals surface area contributed by atoms with Crippen molar-refractivity contribution >= 4 is 22.4 Å². The Morgan fingerprint density at radius 2 is 1.87 bits per heavy atom. The van der Waals surface area contributed by atoms with Crippen LogP contribution in [0.5, 0.6) is 5.88 Å². The molecular weight excluding hydrogens is 521 g/mol. The Balaban J connectivity index is 1.31. The number of hydrogen-bond donors (Lipinski definition) is 1. The van der Waals surface area contributed by atoms with E-state index in [2.05, 4.69) is 38.3 Å². The van der Waals surface area contributed by atoms with Gasteiger partial charge in [0.2, 0.25) is 5.88 Å². The Morgan fingerprint density at radius 3 is 2.59 bits per heavy atom. The molecular formula is C28H34FN5O4S. The number of nitrogens with zero attached hydrogens (tertiary/aromatic N) is 4. The molecule has 9 nitrogen and oxygen atoms in total. The minimum Gasteiger partial charge on any atom is -0.480 e.